The minimum absolute atomic E-state index is 0.0246. The number of carbonyl (C=O) groups is 1. The SMILES string of the molecule is Cc1cc(F)ccc1Oc1nnc(C(F)(F)F)c(C)c1C(=O)Nc1cccc(S(C)(=O)=O)c1. The molecule has 1 N–H and O–H groups in total. The molecule has 1 aromatic heterocycles. The molecular weight excluding hydrogens is 466 g/mol. The van der Waals surface area contributed by atoms with Gasteiger partial charge in [-0.3, -0.25) is 4.79 Å². The Hall–Kier alpha value is -3.54. The van der Waals surface area contributed by atoms with Crippen LogP contribution in [0.25, 0.3) is 0 Å². The van der Waals surface area contributed by atoms with Crippen molar-refractivity contribution in [3.8, 4) is 11.6 Å². The molecule has 0 saturated carbocycles. The summed E-state index contributed by atoms with van der Waals surface area (Å²) in [5.41, 5.74) is -2.17. The molecule has 3 aromatic rings. The molecular formula is C21H17F4N3O4S. The highest BCUT2D eigenvalue weighted by Gasteiger charge is 2.38. The second-order valence-electron chi connectivity index (χ2n) is 7.12. The van der Waals surface area contributed by atoms with Crippen molar-refractivity contribution in [3.63, 3.8) is 0 Å². The molecule has 0 spiro atoms. The Morgan fingerprint density at radius 1 is 1.06 bits per heavy atom. The maximum absolute atomic E-state index is 13.4. The Kier molecular flexibility index (Phi) is 6.41. The zero-order valence-electron chi connectivity index (χ0n) is 17.5. The predicted octanol–water partition coefficient (Wildman–Crippen LogP) is 4.70. The first-order valence-electron chi connectivity index (χ1n) is 9.27. The van der Waals surface area contributed by atoms with Crippen LogP contribution in [0.5, 0.6) is 11.6 Å². The Bertz CT molecular complexity index is 1340. The molecule has 0 saturated heterocycles. The van der Waals surface area contributed by atoms with E-state index in [-0.39, 0.29) is 16.3 Å². The Morgan fingerprint density at radius 3 is 2.36 bits per heavy atom. The highest BCUT2D eigenvalue weighted by molar-refractivity contribution is 7.90. The predicted molar refractivity (Wildman–Crippen MR) is 110 cm³/mol. The van der Waals surface area contributed by atoms with Crippen molar-refractivity contribution < 1.29 is 35.5 Å². The summed E-state index contributed by atoms with van der Waals surface area (Å²) < 4.78 is 82.6. The molecule has 174 valence electrons. The van der Waals surface area contributed by atoms with Crippen LogP contribution in [0.2, 0.25) is 0 Å². The average Bonchev–Trinajstić information content (AvgIpc) is 2.68. The van der Waals surface area contributed by atoms with Gasteiger partial charge in [-0.25, -0.2) is 12.8 Å². The summed E-state index contributed by atoms with van der Waals surface area (Å²) in [6.07, 6.45) is -3.93. The van der Waals surface area contributed by atoms with E-state index < -0.39 is 50.4 Å². The van der Waals surface area contributed by atoms with Gasteiger partial charge in [0.2, 0.25) is 0 Å². The number of benzene rings is 2. The van der Waals surface area contributed by atoms with E-state index in [9.17, 15) is 30.8 Å². The van der Waals surface area contributed by atoms with Gasteiger partial charge in [0, 0.05) is 11.9 Å². The number of carbonyl (C=O) groups excluding carboxylic acids is 1. The summed E-state index contributed by atoms with van der Waals surface area (Å²) in [5.74, 6) is -2.07. The lowest BCUT2D eigenvalue weighted by Crippen LogP contribution is -2.21. The first-order chi connectivity index (χ1) is 15.3. The van der Waals surface area contributed by atoms with Crippen LogP contribution in [0.4, 0.5) is 23.2 Å². The monoisotopic (exact) mass is 483 g/mol. The molecule has 0 aliphatic heterocycles. The second-order valence-corrected chi connectivity index (χ2v) is 9.13. The van der Waals surface area contributed by atoms with E-state index in [1.807, 2.05) is 0 Å². The van der Waals surface area contributed by atoms with Crippen molar-refractivity contribution >= 4 is 21.4 Å². The van der Waals surface area contributed by atoms with Gasteiger partial charge in [0.25, 0.3) is 11.8 Å². The third-order valence-corrected chi connectivity index (χ3v) is 5.65. The number of hydrogen-bond acceptors (Lipinski definition) is 6. The van der Waals surface area contributed by atoms with Crippen molar-refractivity contribution in [2.75, 3.05) is 11.6 Å². The van der Waals surface area contributed by atoms with Crippen LogP contribution in [-0.2, 0) is 16.0 Å². The molecule has 3 rings (SSSR count). The molecule has 12 heteroatoms. The van der Waals surface area contributed by atoms with Crippen LogP contribution >= 0.6 is 0 Å². The van der Waals surface area contributed by atoms with Gasteiger partial charge in [0.1, 0.15) is 17.1 Å². The number of ether oxygens (including phenoxy) is 1. The third-order valence-electron chi connectivity index (χ3n) is 4.54. The first kappa shape index (κ1) is 24.1. The third kappa shape index (κ3) is 5.45. The summed E-state index contributed by atoms with van der Waals surface area (Å²) in [6.45, 7) is 2.53. The zero-order chi connectivity index (χ0) is 24.6. The van der Waals surface area contributed by atoms with Crippen molar-refractivity contribution in [1.29, 1.82) is 0 Å². The number of sulfone groups is 1. The van der Waals surface area contributed by atoms with Gasteiger partial charge in [-0.2, -0.15) is 13.2 Å². The normalized spacial score (nSPS) is 11.8. The quantitative estimate of drug-likeness (QED) is 0.529. The minimum Gasteiger partial charge on any atom is -0.437 e. The van der Waals surface area contributed by atoms with Crippen molar-refractivity contribution in [3.05, 3.63) is 70.7 Å². The van der Waals surface area contributed by atoms with Gasteiger partial charge in [-0.05, 0) is 61.4 Å². The van der Waals surface area contributed by atoms with E-state index in [0.29, 0.717) is 5.56 Å². The van der Waals surface area contributed by atoms with Crippen molar-refractivity contribution in [2.24, 2.45) is 0 Å². The number of nitrogens with one attached hydrogen (secondary N) is 1. The summed E-state index contributed by atoms with van der Waals surface area (Å²) in [7, 11) is -3.59. The maximum atomic E-state index is 13.4. The molecule has 0 unspecified atom stereocenters. The molecule has 0 aliphatic rings. The lowest BCUT2D eigenvalue weighted by atomic mass is 10.1. The van der Waals surface area contributed by atoms with E-state index in [1.54, 1.807) is 0 Å². The fraction of sp³-hybridized carbons (Fsp3) is 0.190. The van der Waals surface area contributed by atoms with E-state index in [1.165, 1.54) is 31.2 Å². The zero-order valence-corrected chi connectivity index (χ0v) is 18.3. The standard InChI is InChI=1S/C21H17F4N3O4S/c1-11-9-13(22)7-8-16(11)32-20-17(12(2)18(27-28-20)21(23,24)25)19(29)26-14-5-4-6-15(10-14)33(3,30)31/h4-10H,1-3H3,(H,26,29). The van der Waals surface area contributed by atoms with Crippen LogP contribution in [0.15, 0.2) is 47.4 Å². The van der Waals surface area contributed by atoms with Crippen LogP contribution in [0.3, 0.4) is 0 Å². The van der Waals surface area contributed by atoms with Gasteiger partial charge in [0.05, 0.1) is 4.90 Å². The van der Waals surface area contributed by atoms with E-state index >= 15 is 0 Å². The number of amides is 1. The smallest absolute Gasteiger partial charge is 0.435 e. The summed E-state index contributed by atoms with van der Waals surface area (Å²) >= 11 is 0. The molecule has 1 heterocycles. The van der Waals surface area contributed by atoms with E-state index in [0.717, 1.165) is 31.4 Å². The van der Waals surface area contributed by atoms with E-state index in [4.69, 9.17) is 4.74 Å². The maximum Gasteiger partial charge on any atom is 0.435 e. The largest absolute Gasteiger partial charge is 0.437 e. The van der Waals surface area contributed by atoms with Gasteiger partial charge in [-0.1, -0.05) is 6.07 Å². The van der Waals surface area contributed by atoms with Crippen LogP contribution < -0.4 is 10.1 Å². The van der Waals surface area contributed by atoms with Gasteiger partial charge >= 0.3 is 6.18 Å². The summed E-state index contributed by atoms with van der Waals surface area (Å²) in [5, 5.41) is 8.96. The Labute approximate surface area is 186 Å². The van der Waals surface area contributed by atoms with Gasteiger partial charge in [-0.15, -0.1) is 10.2 Å². The Balaban J connectivity index is 2.08. The number of hydrogen-bond donors (Lipinski definition) is 1. The molecule has 0 aliphatic carbocycles. The van der Waals surface area contributed by atoms with Gasteiger partial charge in [0.15, 0.2) is 15.5 Å². The summed E-state index contributed by atoms with van der Waals surface area (Å²) in [6, 6.07) is 8.64. The molecule has 0 fully saturated rings. The Morgan fingerprint density at radius 2 is 1.76 bits per heavy atom. The highest BCUT2D eigenvalue weighted by atomic mass is 32.2. The van der Waals surface area contributed by atoms with Crippen LogP contribution in [0.1, 0.15) is 27.2 Å². The summed E-state index contributed by atoms with van der Waals surface area (Å²) in [4.78, 5) is 12.9. The lowest BCUT2D eigenvalue weighted by molar-refractivity contribution is -0.142. The second kappa shape index (κ2) is 8.77. The van der Waals surface area contributed by atoms with Crippen LogP contribution in [0, 0.1) is 19.7 Å². The highest BCUT2D eigenvalue weighted by Crippen LogP contribution is 2.35. The van der Waals surface area contributed by atoms with Crippen LogP contribution in [-0.4, -0.2) is 30.8 Å². The van der Waals surface area contributed by atoms with E-state index in [2.05, 4.69) is 15.5 Å². The van der Waals surface area contributed by atoms with Crippen molar-refractivity contribution in [2.45, 2.75) is 24.9 Å². The first-order valence-corrected chi connectivity index (χ1v) is 11.2. The molecule has 7 nitrogen and oxygen atoms in total. The number of halogens is 4. The topological polar surface area (TPSA) is 98.2 Å². The number of nitrogens with zero attached hydrogens (tertiary/aromatic N) is 2. The molecule has 2 aromatic carbocycles. The molecule has 0 bridgehead atoms. The molecule has 0 radical (unpaired) electrons. The number of aromatic nitrogens is 2. The molecule has 1 amide bonds. The number of anilines is 1. The molecule has 33 heavy (non-hydrogen) atoms. The van der Waals surface area contributed by atoms with Gasteiger partial charge < -0.3 is 10.1 Å². The number of alkyl halides is 3. The number of aryl methyl sites for hydroxylation is 1. The number of rotatable bonds is 5. The minimum atomic E-state index is -4.90. The average molecular weight is 483 g/mol. The van der Waals surface area contributed by atoms with Crippen molar-refractivity contribution in [1.82, 2.24) is 10.2 Å². The molecule has 0 atom stereocenters. The fourth-order valence-electron chi connectivity index (χ4n) is 2.94. The fourth-order valence-corrected chi connectivity index (χ4v) is 3.60. The lowest BCUT2D eigenvalue weighted by Gasteiger charge is -2.16.